The van der Waals surface area contributed by atoms with E-state index in [2.05, 4.69) is 0 Å². The minimum Gasteiger partial charge on any atom is -0.506 e. The van der Waals surface area contributed by atoms with Crippen molar-refractivity contribution in [3.05, 3.63) is 40.0 Å². The fourth-order valence-corrected chi connectivity index (χ4v) is 3.31. The second kappa shape index (κ2) is 6.38. The van der Waals surface area contributed by atoms with Crippen molar-refractivity contribution in [2.75, 3.05) is 0 Å². The molecule has 0 saturated heterocycles. The molecule has 1 saturated carbocycles. The molecule has 0 radical (unpaired) electrons. The molecule has 2 aliphatic rings. The molecule has 188 valence electrons. The Labute approximate surface area is 174 Å². The zero-order valence-corrected chi connectivity index (χ0v) is 14.9. The van der Waals surface area contributed by atoms with Crippen LogP contribution < -0.4 is 0 Å². The largest absolute Gasteiger partial charge is 0.506 e. The molecule has 0 unspecified atom stereocenters. The summed E-state index contributed by atoms with van der Waals surface area (Å²) >= 11 is 0. The minimum atomic E-state index is -7.79. The summed E-state index contributed by atoms with van der Waals surface area (Å²) in [7, 11) is 0. The number of halogens is 15. The quantitative estimate of drug-likeness (QED) is 0.251. The summed E-state index contributed by atoms with van der Waals surface area (Å²) in [6.45, 7) is 0. The molecule has 34 heavy (non-hydrogen) atoms. The van der Waals surface area contributed by atoms with E-state index in [-0.39, 0.29) is 0 Å². The van der Waals surface area contributed by atoms with Crippen LogP contribution in [0.15, 0.2) is 5.57 Å². The molecular formula is C16HF15O3. The Balaban J connectivity index is 2.39. The summed E-state index contributed by atoms with van der Waals surface area (Å²) < 4.78 is 206. The summed E-state index contributed by atoms with van der Waals surface area (Å²) in [5.74, 6) is -60.3. The normalized spacial score (nSPS) is 25.3. The third-order valence-electron chi connectivity index (χ3n) is 5.18. The van der Waals surface area contributed by atoms with E-state index >= 15 is 0 Å². The lowest BCUT2D eigenvalue weighted by atomic mass is 9.68. The SMILES string of the molecule is O=C1C(C(=O)C2(F)C(F)(F)C(F)(F)C(F)(F)C(F)(F)C2(F)F)=C(O)c2c(F)c(F)c(F)c(F)c21. The molecule has 1 aromatic carbocycles. The lowest BCUT2D eigenvalue weighted by Crippen LogP contribution is -2.85. The van der Waals surface area contributed by atoms with Gasteiger partial charge in [0.25, 0.3) is 0 Å². The Morgan fingerprint density at radius 1 is 0.559 bits per heavy atom. The van der Waals surface area contributed by atoms with Crippen LogP contribution in [0.5, 0.6) is 0 Å². The Bertz CT molecular complexity index is 1170. The average molecular weight is 526 g/mol. The van der Waals surface area contributed by atoms with Gasteiger partial charge in [-0.3, -0.25) is 9.59 Å². The summed E-state index contributed by atoms with van der Waals surface area (Å²) in [6.07, 6.45) is 0. The summed E-state index contributed by atoms with van der Waals surface area (Å²) in [6, 6.07) is 0. The molecular weight excluding hydrogens is 525 g/mol. The molecule has 18 heteroatoms. The number of Topliss-reactive ketones (excluding diaryl/α,β-unsaturated/α-hetero) is 2. The molecule has 0 atom stereocenters. The number of carbonyl (C=O) groups excluding carboxylic acids is 2. The third-order valence-corrected chi connectivity index (χ3v) is 5.18. The monoisotopic (exact) mass is 526 g/mol. The van der Waals surface area contributed by atoms with Gasteiger partial charge in [-0.1, -0.05) is 0 Å². The average Bonchev–Trinajstić information content (AvgIpc) is 2.98. The molecule has 0 aliphatic heterocycles. The Kier molecular flexibility index (Phi) is 4.82. The second-order valence-corrected chi connectivity index (χ2v) is 6.92. The Hall–Kier alpha value is -2.95. The van der Waals surface area contributed by atoms with Gasteiger partial charge in [0.1, 0.15) is 11.3 Å². The van der Waals surface area contributed by atoms with E-state index in [1.54, 1.807) is 0 Å². The topological polar surface area (TPSA) is 54.4 Å². The molecule has 0 heterocycles. The van der Waals surface area contributed by atoms with Crippen molar-refractivity contribution in [2.24, 2.45) is 0 Å². The second-order valence-electron chi connectivity index (χ2n) is 6.92. The van der Waals surface area contributed by atoms with Crippen molar-refractivity contribution in [3.8, 4) is 0 Å². The molecule has 3 rings (SSSR count). The fourth-order valence-electron chi connectivity index (χ4n) is 3.31. The van der Waals surface area contributed by atoms with Crippen LogP contribution in [0.1, 0.15) is 15.9 Å². The van der Waals surface area contributed by atoms with Gasteiger partial charge in [-0.2, -0.15) is 43.9 Å². The summed E-state index contributed by atoms with van der Waals surface area (Å²) in [4.78, 5) is 24.1. The Morgan fingerprint density at radius 3 is 1.26 bits per heavy atom. The number of benzene rings is 1. The van der Waals surface area contributed by atoms with Crippen LogP contribution in [0.3, 0.4) is 0 Å². The van der Waals surface area contributed by atoms with Gasteiger partial charge in [-0.05, 0) is 0 Å². The predicted molar refractivity (Wildman–Crippen MR) is 73.7 cm³/mol. The van der Waals surface area contributed by atoms with Crippen LogP contribution in [-0.2, 0) is 4.79 Å². The highest BCUT2D eigenvalue weighted by Crippen LogP contribution is 2.70. The number of aliphatic hydroxyl groups excluding tert-OH is 1. The highest BCUT2D eigenvalue weighted by atomic mass is 19.4. The van der Waals surface area contributed by atoms with Crippen LogP contribution in [-0.4, -0.2) is 52.0 Å². The zero-order chi connectivity index (χ0) is 26.8. The van der Waals surface area contributed by atoms with Gasteiger partial charge < -0.3 is 5.11 Å². The van der Waals surface area contributed by atoms with Crippen molar-refractivity contribution in [2.45, 2.75) is 35.3 Å². The first-order valence-electron chi connectivity index (χ1n) is 7.97. The molecule has 0 aromatic heterocycles. The number of hydrogen-bond donors (Lipinski definition) is 1. The number of aliphatic hydroxyl groups is 1. The van der Waals surface area contributed by atoms with Gasteiger partial charge in [-0.15, -0.1) is 0 Å². The van der Waals surface area contributed by atoms with Crippen molar-refractivity contribution >= 4 is 17.3 Å². The van der Waals surface area contributed by atoms with E-state index in [1.807, 2.05) is 0 Å². The van der Waals surface area contributed by atoms with Crippen molar-refractivity contribution in [3.63, 3.8) is 0 Å². The smallest absolute Gasteiger partial charge is 0.384 e. The van der Waals surface area contributed by atoms with E-state index in [1.165, 1.54) is 0 Å². The maximum Gasteiger partial charge on any atom is 0.384 e. The zero-order valence-electron chi connectivity index (χ0n) is 14.9. The molecule has 0 spiro atoms. The summed E-state index contributed by atoms with van der Waals surface area (Å²) in [5.41, 5.74) is -15.2. The molecule has 3 nitrogen and oxygen atoms in total. The highest BCUT2D eigenvalue weighted by molar-refractivity contribution is 6.36. The standard InChI is InChI=1S/C16HF15O3/c17-4-1-2(5(18)7(20)6(4)19)9(33)3(8(1)32)10(34)11(21)12(22,23)14(26,27)16(30,31)15(28,29)13(11,24)25/h32H. The van der Waals surface area contributed by atoms with Crippen molar-refractivity contribution in [1.29, 1.82) is 0 Å². The molecule has 1 N–H and O–H groups in total. The van der Waals surface area contributed by atoms with Crippen molar-refractivity contribution < 1.29 is 80.6 Å². The number of allylic oxidation sites excluding steroid dienone is 1. The lowest BCUT2D eigenvalue weighted by Gasteiger charge is -2.51. The van der Waals surface area contributed by atoms with Gasteiger partial charge >= 0.3 is 35.3 Å². The van der Waals surface area contributed by atoms with E-state index in [9.17, 15) is 80.6 Å². The van der Waals surface area contributed by atoms with Gasteiger partial charge in [-0.25, -0.2) is 22.0 Å². The van der Waals surface area contributed by atoms with Gasteiger partial charge in [0.05, 0.1) is 11.1 Å². The maximum absolute atomic E-state index is 14.9. The van der Waals surface area contributed by atoms with Gasteiger partial charge in [0.15, 0.2) is 23.3 Å². The van der Waals surface area contributed by atoms with Crippen LogP contribution in [0.2, 0.25) is 0 Å². The first-order valence-corrected chi connectivity index (χ1v) is 7.97. The number of carbonyl (C=O) groups is 2. The van der Waals surface area contributed by atoms with E-state index < -0.39 is 92.6 Å². The predicted octanol–water partition coefficient (Wildman–Crippen LogP) is 5.18. The number of rotatable bonds is 2. The summed E-state index contributed by atoms with van der Waals surface area (Å²) in [5, 5.41) is 9.61. The lowest BCUT2D eigenvalue weighted by molar-refractivity contribution is -0.475. The first-order chi connectivity index (χ1) is 15.0. The van der Waals surface area contributed by atoms with Crippen LogP contribution in [0.25, 0.3) is 5.76 Å². The molecule has 1 aromatic rings. The molecule has 2 aliphatic carbocycles. The fraction of sp³-hybridized carbons (Fsp3) is 0.375. The number of fused-ring (bicyclic) bond motifs is 1. The van der Waals surface area contributed by atoms with Gasteiger partial charge in [0, 0.05) is 0 Å². The van der Waals surface area contributed by atoms with E-state index in [0.29, 0.717) is 0 Å². The minimum absolute atomic E-state index is 2.29. The highest BCUT2D eigenvalue weighted by Gasteiger charge is 3.02. The molecule has 1 fully saturated rings. The number of hydrogen-bond acceptors (Lipinski definition) is 3. The first kappa shape index (κ1) is 25.7. The molecule has 0 amide bonds. The van der Waals surface area contributed by atoms with Crippen LogP contribution in [0, 0.1) is 23.3 Å². The number of ketones is 2. The third kappa shape index (κ3) is 2.24. The van der Waals surface area contributed by atoms with Gasteiger partial charge in [0.2, 0.25) is 11.6 Å². The molecule has 0 bridgehead atoms. The maximum atomic E-state index is 14.9. The number of alkyl halides is 11. The van der Waals surface area contributed by atoms with Crippen LogP contribution in [0.4, 0.5) is 65.9 Å². The van der Waals surface area contributed by atoms with Crippen LogP contribution >= 0.6 is 0 Å². The van der Waals surface area contributed by atoms with E-state index in [0.717, 1.165) is 0 Å². The Morgan fingerprint density at radius 2 is 0.882 bits per heavy atom. The van der Waals surface area contributed by atoms with Crippen molar-refractivity contribution in [1.82, 2.24) is 0 Å². The van der Waals surface area contributed by atoms with E-state index in [4.69, 9.17) is 0 Å².